The summed E-state index contributed by atoms with van der Waals surface area (Å²) >= 11 is 0. The van der Waals surface area contributed by atoms with Crippen molar-refractivity contribution in [3.8, 4) is 0 Å². The molecule has 104 valence electrons. The normalized spacial score (nSPS) is 37.1. The van der Waals surface area contributed by atoms with Gasteiger partial charge in [0.1, 0.15) is 0 Å². The lowest BCUT2D eigenvalue weighted by atomic mass is 9.78. The van der Waals surface area contributed by atoms with Gasteiger partial charge in [0.25, 0.3) is 0 Å². The third-order valence-electron chi connectivity index (χ3n) is 4.48. The molecule has 1 saturated heterocycles. The van der Waals surface area contributed by atoms with Gasteiger partial charge in [0.05, 0.1) is 12.0 Å². The fourth-order valence-corrected chi connectivity index (χ4v) is 3.37. The minimum Gasteiger partial charge on any atom is -0.481 e. The lowest BCUT2D eigenvalue weighted by Crippen LogP contribution is -2.47. The first kappa shape index (κ1) is 13.8. The zero-order valence-electron chi connectivity index (χ0n) is 11.5. The van der Waals surface area contributed by atoms with Crippen LogP contribution in [0.2, 0.25) is 0 Å². The van der Waals surface area contributed by atoms with Gasteiger partial charge in [-0.25, -0.2) is 0 Å². The van der Waals surface area contributed by atoms with E-state index >= 15 is 0 Å². The summed E-state index contributed by atoms with van der Waals surface area (Å²) in [4.78, 5) is 13.6. The molecule has 0 aromatic rings. The number of likely N-dealkylation sites (N-methyl/N-ethyl adjacent to an activating group) is 1. The van der Waals surface area contributed by atoms with Crippen molar-refractivity contribution in [2.75, 3.05) is 20.2 Å². The summed E-state index contributed by atoms with van der Waals surface area (Å²) in [6.07, 6.45) is 5.42. The number of nitrogens with zero attached hydrogens (tertiary/aromatic N) is 1. The van der Waals surface area contributed by atoms with Crippen molar-refractivity contribution >= 4 is 5.97 Å². The van der Waals surface area contributed by atoms with Crippen molar-refractivity contribution in [1.82, 2.24) is 4.90 Å². The van der Waals surface area contributed by atoms with Gasteiger partial charge in [0.15, 0.2) is 0 Å². The third kappa shape index (κ3) is 3.23. The Bertz CT molecular complexity index is 289. The molecule has 2 rings (SSSR count). The Kier molecular flexibility index (Phi) is 4.62. The van der Waals surface area contributed by atoms with Gasteiger partial charge in [-0.2, -0.15) is 0 Å². The van der Waals surface area contributed by atoms with Crippen molar-refractivity contribution in [1.29, 1.82) is 0 Å². The number of carboxylic acids is 1. The van der Waals surface area contributed by atoms with Crippen molar-refractivity contribution in [2.24, 2.45) is 11.8 Å². The first-order chi connectivity index (χ1) is 8.58. The maximum Gasteiger partial charge on any atom is 0.308 e. The summed E-state index contributed by atoms with van der Waals surface area (Å²) in [6.45, 7) is 3.97. The van der Waals surface area contributed by atoms with E-state index in [1.807, 2.05) is 0 Å². The Morgan fingerprint density at radius 2 is 2.17 bits per heavy atom. The molecule has 0 radical (unpaired) electrons. The molecular formula is C14H25NO3. The van der Waals surface area contributed by atoms with Crippen molar-refractivity contribution in [3.05, 3.63) is 0 Å². The lowest BCUT2D eigenvalue weighted by molar-refractivity contribution is -0.146. The molecule has 2 aliphatic rings. The molecule has 1 aliphatic heterocycles. The first-order valence-electron chi connectivity index (χ1n) is 7.12. The highest BCUT2D eigenvalue weighted by Crippen LogP contribution is 2.32. The van der Waals surface area contributed by atoms with Gasteiger partial charge in [0, 0.05) is 19.2 Å². The Morgan fingerprint density at radius 1 is 1.39 bits per heavy atom. The molecular weight excluding hydrogens is 230 g/mol. The molecule has 0 aromatic carbocycles. The fourth-order valence-electron chi connectivity index (χ4n) is 3.37. The van der Waals surface area contributed by atoms with Gasteiger partial charge in [0.2, 0.25) is 0 Å². The van der Waals surface area contributed by atoms with Crippen LogP contribution in [0.25, 0.3) is 0 Å². The number of aliphatic carboxylic acids is 1. The molecule has 4 unspecified atom stereocenters. The van der Waals surface area contributed by atoms with E-state index in [9.17, 15) is 9.90 Å². The second-order valence-electron chi connectivity index (χ2n) is 6.00. The van der Waals surface area contributed by atoms with Crippen molar-refractivity contribution in [2.45, 2.75) is 51.2 Å². The van der Waals surface area contributed by atoms with Crippen LogP contribution in [0.4, 0.5) is 0 Å². The van der Waals surface area contributed by atoms with Gasteiger partial charge < -0.3 is 9.84 Å². The van der Waals surface area contributed by atoms with Crippen LogP contribution in [0.3, 0.4) is 0 Å². The number of rotatable bonds is 4. The van der Waals surface area contributed by atoms with E-state index in [0.29, 0.717) is 12.0 Å². The lowest BCUT2D eigenvalue weighted by Gasteiger charge is -2.39. The highest BCUT2D eigenvalue weighted by molar-refractivity contribution is 5.71. The van der Waals surface area contributed by atoms with Crippen LogP contribution >= 0.6 is 0 Å². The Labute approximate surface area is 109 Å². The molecule has 0 aromatic heterocycles. The molecule has 0 amide bonds. The van der Waals surface area contributed by atoms with Gasteiger partial charge in [-0.05, 0) is 45.1 Å². The Morgan fingerprint density at radius 3 is 2.78 bits per heavy atom. The highest BCUT2D eigenvalue weighted by Gasteiger charge is 2.36. The zero-order valence-corrected chi connectivity index (χ0v) is 11.5. The molecule has 4 nitrogen and oxygen atoms in total. The predicted octanol–water partition coefficient (Wildman–Crippen LogP) is 1.99. The van der Waals surface area contributed by atoms with E-state index < -0.39 is 5.97 Å². The Balaban J connectivity index is 1.95. The van der Waals surface area contributed by atoms with Crippen LogP contribution in [-0.2, 0) is 9.53 Å². The van der Waals surface area contributed by atoms with E-state index in [2.05, 4.69) is 18.9 Å². The minimum absolute atomic E-state index is 0.176. The molecule has 4 heteroatoms. The quantitative estimate of drug-likeness (QED) is 0.834. The summed E-state index contributed by atoms with van der Waals surface area (Å²) in [6, 6.07) is 0.176. The smallest absolute Gasteiger partial charge is 0.308 e. The standard InChI is InChI=1S/C14H25NO3/c1-10-5-6-12(14(16)17)13(8-10)15(2)9-11-4-3-7-18-11/h10-13H,3-9H2,1-2H3,(H,16,17). The predicted molar refractivity (Wildman–Crippen MR) is 69.5 cm³/mol. The molecule has 1 saturated carbocycles. The van der Waals surface area contributed by atoms with Crippen molar-refractivity contribution in [3.63, 3.8) is 0 Å². The highest BCUT2D eigenvalue weighted by atomic mass is 16.5. The van der Waals surface area contributed by atoms with Crippen LogP contribution in [0.1, 0.15) is 39.0 Å². The second kappa shape index (κ2) is 6.02. The topological polar surface area (TPSA) is 49.8 Å². The van der Waals surface area contributed by atoms with Gasteiger partial charge >= 0.3 is 5.97 Å². The van der Waals surface area contributed by atoms with Crippen LogP contribution < -0.4 is 0 Å². The van der Waals surface area contributed by atoms with E-state index in [1.165, 1.54) is 0 Å². The first-order valence-corrected chi connectivity index (χ1v) is 7.12. The van der Waals surface area contributed by atoms with Gasteiger partial charge in [-0.15, -0.1) is 0 Å². The van der Waals surface area contributed by atoms with E-state index in [-0.39, 0.29) is 12.0 Å². The van der Waals surface area contributed by atoms with E-state index in [0.717, 1.165) is 45.3 Å². The van der Waals surface area contributed by atoms with E-state index in [1.54, 1.807) is 0 Å². The van der Waals surface area contributed by atoms with Crippen LogP contribution in [0, 0.1) is 11.8 Å². The molecule has 2 fully saturated rings. The van der Waals surface area contributed by atoms with E-state index in [4.69, 9.17) is 4.74 Å². The molecule has 4 atom stereocenters. The molecule has 1 N–H and O–H groups in total. The zero-order chi connectivity index (χ0) is 13.1. The summed E-state index contributed by atoms with van der Waals surface area (Å²) in [5, 5.41) is 9.35. The average molecular weight is 255 g/mol. The number of ether oxygens (including phenoxy) is 1. The van der Waals surface area contributed by atoms with Crippen LogP contribution in [0.15, 0.2) is 0 Å². The minimum atomic E-state index is -0.633. The number of hydrogen-bond acceptors (Lipinski definition) is 3. The fraction of sp³-hybridized carbons (Fsp3) is 0.929. The number of hydrogen-bond donors (Lipinski definition) is 1. The summed E-state index contributed by atoms with van der Waals surface area (Å²) in [5.74, 6) is -0.198. The monoisotopic (exact) mass is 255 g/mol. The SMILES string of the molecule is CC1CCC(C(=O)O)C(N(C)CC2CCCO2)C1. The largest absolute Gasteiger partial charge is 0.481 e. The maximum atomic E-state index is 11.4. The summed E-state index contributed by atoms with van der Waals surface area (Å²) < 4.78 is 5.65. The molecule has 1 aliphatic carbocycles. The average Bonchev–Trinajstić information content (AvgIpc) is 2.81. The molecule has 18 heavy (non-hydrogen) atoms. The molecule has 0 bridgehead atoms. The third-order valence-corrected chi connectivity index (χ3v) is 4.48. The second-order valence-corrected chi connectivity index (χ2v) is 6.00. The Hall–Kier alpha value is -0.610. The van der Waals surface area contributed by atoms with Crippen molar-refractivity contribution < 1.29 is 14.6 Å². The van der Waals surface area contributed by atoms with Crippen LogP contribution in [0.5, 0.6) is 0 Å². The van der Waals surface area contributed by atoms with Gasteiger partial charge in [-0.3, -0.25) is 9.69 Å². The molecule has 1 heterocycles. The summed E-state index contributed by atoms with van der Waals surface area (Å²) in [5.41, 5.74) is 0. The van der Waals surface area contributed by atoms with Gasteiger partial charge in [-0.1, -0.05) is 6.92 Å². The number of carbonyl (C=O) groups is 1. The maximum absolute atomic E-state index is 11.4. The van der Waals surface area contributed by atoms with Crippen LogP contribution in [-0.4, -0.2) is 48.3 Å². The molecule has 0 spiro atoms. The number of carboxylic acid groups (broad SMARTS) is 1. The summed E-state index contributed by atoms with van der Waals surface area (Å²) in [7, 11) is 2.06.